The van der Waals surface area contributed by atoms with E-state index in [2.05, 4.69) is 14.2 Å². The molecule has 0 amide bonds. The molecule has 0 bridgehead atoms. The highest BCUT2D eigenvalue weighted by molar-refractivity contribution is 5.87. The van der Waals surface area contributed by atoms with Crippen molar-refractivity contribution in [2.45, 2.75) is 58.7 Å². The Kier molecular flexibility index (Phi) is 9.79. The fraction of sp³-hybridized carbons (Fsp3) is 0.786. The molecule has 0 unspecified atom stereocenters. The molecule has 0 saturated carbocycles. The lowest BCUT2D eigenvalue weighted by atomic mass is 10.1. The van der Waals surface area contributed by atoms with E-state index in [0.29, 0.717) is 6.42 Å². The summed E-state index contributed by atoms with van der Waals surface area (Å²) in [4.78, 5) is 11.6. The monoisotopic (exact) mass is 366 g/mol. The third-order valence-corrected chi connectivity index (χ3v) is 2.78. The number of carbonyl (C=O) groups excluding carboxylic acids is 1. The van der Waals surface area contributed by atoms with E-state index >= 15 is 0 Å². The highest BCUT2D eigenvalue weighted by Gasteiger charge is 2.36. The van der Waals surface area contributed by atoms with E-state index in [-0.39, 0.29) is 12.0 Å². The summed E-state index contributed by atoms with van der Waals surface area (Å²) in [7, 11) is 0. The molecular weight excluding hydrogens is 346 g/mol. The highest BCUT2D eigenvalue weighted by atomic mass is 19.4. The Balaban J connectivity index is 4.71. The molecule has 0 aromatic rings. The number of ether oxygens (including phenoxy) is 3. The smallest absolute Gasteiger partial charge is 0.457 e. The molecule has 0 radical (unpaired) electrons. The van der Waals surface area contributed by atoms with Crippen molar-refractivity contribution >= 4 is 5.97 Å². The van der Waals surface area contributed by atoms with Gasteiger partial charge in [-0.15, -0.1) is 26.3 Å². The summed E-state index contributed by atoms with van der Waals surface area (Å²) in [6.07, 6.45) is -6.71. The minimum absolute atomic E-state index is 0.0187. The summed E-state index contributed by atoms with van der Waals surface area (Å²) in [6.45, 7) is 1.36. The summed E-state index contributed by atoms with van der Waals surface area (Å²) in [5, 5.41) is 0. The molecule has 0 saturated heterocycles. The molecule has 0 aliphatic carbocycles. The lowest BCUT2D eigenvalue weighted by Crippen LogP contribution is -2.23. The van der Waals surface area contributed by atoms with Gasteiger partial charge in [-0.05, 0) is 25.3 Å². The van der Waals surface area contributed by atoms with Crippen molar-refractivity contribution in [3.8, 4) is 0 Å². The third-order valence-electron chi connectivity index (χ3n) is 2.78. The van der Waals surface area contributed by atoms with Crippen LogP contribution in [0.4, 0.5) is 26.3 Å². The number of unbranched alkanes of at least 4 members (excludes halogenated alkanes) is 3. The molecule has 24 heavy (non-hydrogen) atoms. The Bertz CT molecular complexity index is 414. The molecule has 0 rings (SSSR count). The van der Waals surface area contributed by atoms with E-state index in [1.807, 2.05) is 6.92 Å². The molecule has 0 aromatic heterocycles. The van der Waals surface area contributed by atoms with Gasteiger partial charge >= 0.3 is 18.7 Å². The van der Waals surface area contributed by atoms with Crippen LogP contribution in [0.3, 0.4) is 0 Å². The number of halogens is 6. The third kappa shape index (κ3) is 12.0. The molecule has 0 aliphatic heterocycles. The van der Waals surface area contributed by atoms with Gasteiger partial charge in [0.2, 0.25) is 5.76 Å². The molecule has 0 atom stereocenters. The van der Waals surface area contributed by atoms with Crippen LogP contribution >= 0.6 is 0 Å². The van der Waals surface area contributed by atoms with Gasteiger partial charge in [0.05, 0.1) is 6.61 Å². The lowest BCUT2D eigenvalue weighted by molar-refractivity contribution is -0.326. The maximum atomic E-state index is 12.4. The van der Waals surface area contributed by atoms with Gasteiger partial charge in [-0.2, -0.15) is 0 Å². The summed E-state index contributed by atoms with van der Waals surface area (Å²) in [5.74, 6) is -2.53. The molecular formula is C14H20F6O4. The molecule has 10 heteroatoms. The van der Waals surface area contributed by atoms with Gasteiger partial charge in [0.15, 0.2) is 0 Å². The van der Waals surface area contributed by atoms with E-state index in [1.54, 1.807) is 0 Å². The first-order valence-electron chi connectivity index (χ1n) is 7.29. The van der Waals surface area contributed by atoms with Gasteiger partial charge in [-0.3, -0.25) is 4.74 Å². The summed E-state index contributed by atoms with van der Waals surface area (Å²) >= 11 is 0. The average molecular weight is 366 g/mol. The number of alkyl halides is 6. The topological polar surface area (TPSA) is 44.8 Å². The van der Waals surface area contributed by atoms with Crippen LogP contribution in [0.1, 0.15) is 46.0 Å². The van der Waals surface area contributed by atoms with Gasteiger partial charge in [0, 0.05) is 0 Å². The van der Waals surface area contributed by atoms with Gasteiger partial charge < -0.3 is 9.47 Å². The van der Waals surface area contributed by atoms with Crippen LogP contribution in [0.2, 0.25) is 0 Å². The molecule has 0 heterocycles. The van der Waals surface area contributed by atoms with E-state index in [9.17, 15) is 31.1 Å². The molecule has 0 fully saturated rings. The Morgan fingerprint density at radius 3 is 2.04 bits per heavy atom. The zero-order valence-corrected chi connectivity index (χ0v) is 13.4. The lowest BCUT2D eigenvalue weighted by Gasteiger charge is -2.15. The van der Waals surface area contributed by atoms with E-state index in [1.165, 1.54) is 6.92 Å². The summed E-state index contributed by atoms with van der Waals surface area (Å²) in [6, 6.07) is 0. The second-order valence-electron chi connectivity index (χ2n) is 4.90. The molecule has 0 spiro atoms. The van der Waals surface area contributed by atoms with Crippen molar-refractivity contribution in [3.05, 3.63) is 11.3 Å². The van der Waals surface area contributed by atoms with Gasteiger partial charge in [0.25, 0.3) is 0 Å². The average Bonchev–Trinajstić information content (AvgIpc) is 2.43. The molecule has 0 N–H and O–H groups in total. The van der Waals surface area contributed by atoms with Crippen LogP contribution in [-0.4, -0.2) is 31.9 Å². The maximum Gasteiger partial charge on any atom is 0.573 e. The van der Waals surface area contributed by atoms with Crippen LogP contribution in [0, 0.1) is 0 Å². The number of allylic oxidation sites excluding steroid dienone is 1. The van der Waals surface area contributed by atoms with Crippen LogP contribution in [-0.2, 0) is 19.0 Å². The predicted octanol–water partition coefficient (Wildman–Crippen LogP) is 4.85. The van der Waals surface area contributed by atoms with Crippen molar-refractivity contribution in [1.29, 1.82) is 0 Å². The SMILES string of the molecule is CCCCCC/C(C)=C(\OC(F)(F)F)C(=O)OCCOC(F)(F)F. The van der Waals surface area contributed by atoms with Gasteiger partial charge in [0.1, 0.15) is 6.61 Å². The second-order valence-corrected chi connectivity index (χ2v) is 4.90. The summed E-state index contributed by atoms with van der Waals surface area (Å²) < 4.78 is 83.7. The van der Waals surface area contributed by atoms with Crippen LogP contribution in [0.25, 0.3) is 0 Å². The zero-order valence-electron chi connectivity index (χ0n) is 13.4. The fourth-order valence-electron chi connectivity index (χ4n) is 1.71. The zero-order chi connectivity index (χ0) is 18.8. The first-order valence-corrected chi connectivity index (χ1v) is 7.29. The highest BCUT2D eigenvalue weighted by Crippen LogP contribution is 2.25. The van der Waals surface area contributed by atoms with Crippen molar-refractivity contribution in [3.63, 3.8) is 0 Å². The normalized spacial score (nSPS) is 13.5. The Morgan fingerprint density at radius 2 is 1.54 bits per heavy atom. The van der Waals surface area contributed by atoms with Crippen molar-refractivity contribution in [2.24, 2.45) is 0 Å². The molecule has 142 valence electrons. The van der Waals surface area contributed by atoms with Crippen molar-refractivity contribution in [1.82, 2.24) is 0 Å². The number of rotatable bonds is 10. The largest absolute Gasteiger partial charge is 0.573 e. The Labute approximate surface area is 135 Å². The first-order chi connectivity index (χ1) is 11.0. The minimum atomic E-state index is -5.11. The first kappa shape index (κ1) is 22.6. The van der Waals surface area contributed by atoms with Crippen LogP contribution in [0.5, 0.6) is 0 Å². The number of hydrogen-bond donors (Lipinski definition) is 0. The van der Waals surface area contributed by atoms with E-state index in [0.717, 1.165) is 19.3 Å². The molecule has 4 nitrogen and oxygen atoms in total. The standard InChI is InChI=1S/C14H20F6O4/c1-3-4-5-6-7-10(2)11(24-14(18,19)20)12(21)22-8-9-23-13(15,16)17/h3-9H2,1-2H3/b11-10-. The predicted molar refractivity (Wildman–Crippen MR) is 71.6 cm³/mol. The second kappa shape index (κ2) is 10.4. The van der Waals surface area contributed by atoms with Crippen LogP contribution in [0.15, 0.2) is 11.3 Å². The minimum Gasteiger partial charge on any atom is -0.457 e. The van der Waals surface area contributed by atoms with Gasteiger partial charge in [-0.25, -0.2) is 4.79 Å². The summed E-state index contributed by atoms with van der Waals surface area (Å²) in [5.41, 5.74) is 0.0187. The van der Waals surface area contributed by atoms with Crippen LogP contribution < -0.4 is 0 Å². The van der Waals surface area contributed by atoms with E-state index in [4.69, 9.17) is 0 Å². The quantitative estimate of drug-likeness (QED) is 0.182. The molecule has 0 aliphatic rings. The molecule has 0 aromatic carbocycles. The number of carbonyl (C=O) groups is 1. The Morgan fingerprint density at radius 1 is 0.917 bits per heavy atom. The van der Waals surface area contributed by atoms with Crippen molar-refractivity contribution in [2.75, 3.05) is 13.2 Å². The fourth-order valence-corrected chi connectivity index (χ4v) is 1.71. The number of esters is 1. The number of hydrogen-bond acceptors (Lipinski definition) is 4. The maximum absolute atomic E-state index is 12.4. The Hall–Kier alpha value is -1.45. The van der Waals surface area contributed by atoms with Crippen molar-refractivity contribution < 1.29 is 45.3 Å². The van der Waals surface area contributed by atoms with Gasteiger partial charge in [-0.1, -0.05) is 26.2 Å². The van der Waals surface area contributed by atoms with E-state index < -0.39 is 37.7 Å².